The van der Waals surface area contributed by atoms with Crippen LogP contribution in [0.25, 0.3) is 11.0 Å². The smallest absolute Gasteiger partial charge is 0.140 e. The molecule has 102 valence electrons. The summed E-state index contributed by atoms with van der Waals surface area (Å²) in [6.45, 7) is 2.13. The summed E-state index contributed by atoms with van der Waals surface area (Å²) in [6.07, 6.45) is 3.47. The minimum Gasteiger partial charge on any atom is -0.464 e. The maximum Gasteiger partial charge on any atom is 0.140 e. The van der Waals surface area contributed by atoms with E-state index in [9.17, 15) is 0 Å². The second-order valence-corrected chi connectivity index (χ2v) is 4.66. The standard InChI is InChI=1S/C16H17N3O/c17-8-10-19(12-13-4-2-1-3-5-13)16-14-7-11-20-15(14)6-9-18-16/h1-7,9,11H,8,10,12,17H2. The predicted octanol–water partition coefficient (Wildman–Crippen LogP) is 2.79. The second kappa shape index (κ2) is 5.75. The quantitative estimate of drug-likeness (QED) is 0.772. The molecule has 1 aromatic carbocycles. The van der Waals surface area contributed by atoms with Crippen molar-refractivity contribution in [2.45, 2.75) is 6.54 Å². The molecule has 0 spiro atoms. The fourth-order valence-corrected chi connectivity index (χ4v) is 2.35. The monoisotopic (exact) mass is 267 g/mol. The summed E-state index contributed by atoms with van der Waals surface area (Å²) in [5.41, 5.74) is 7.84. The van der Waals surface area contributed by atoms with Crippen LogP contribution in [0.15, 0.2) is 59.3 Å². The lowest BCUT2D eigenvalue weighted by molar-refractivity contribution is 0.615. The minimum absolute atomic E-state index is 0.586. The molecule has 0 saturated heterocycles. The molecular weight excluding hydrogens is 250 g/mol. The largest absolute Gasteiger partial charge is 0.464 e. The zero-order valence-electron chi connectivity index (χ0n) is 11.2. The number of nitrogens with two attached hydrogens (primary N) is 1. The van der Waals surface area contributed by atoms with Gasteiger partial charge in [-0.15, -0.1) is 0 Å². The first kappa shape index (κ1) is 12.7. The topological polar surface area (TPSA) is 55.3 Å². The summed E-state index contributed by atoms with van der Waals surface area (Å²) in [5, 5.41) is 1.02. The molecule has 0 bridgehead atoms. The van der Waals surface area contributed by atoms with Crippen molar-refractivity contribution >= 4 is 16.8 Å². The SMILES string of the molecule is NCCN(Cc1ccccc1)c1nccc2occc12. The van der Waals surface area contributed by atoms with E-state index in [-0.39, 0.29) is 0 Å². The molecule has 0 fully saturated rings. The normalized spacial score (nSPS) is 10.8. The number of hydrogen-bond acceptors (Lipinski definition) is 4. The molecule has 2 N–H and O–H groups in total. The molecule has 0 unspecified atom stereocenters. The van der Waals surface area contributed by atoms with Crippen molar-refractivity contribution in [2.24, 2.45) is 5.73 Å². The Morgan fingerprint density at radius 3 is 2.75 bits per heavy atom. The Morgan fingerprint density at radius 1 is 1.10 bits per heavy atom. The molecule has 0 radical (unpaired) electrons. The summed E-state index contributed by atoms with van der Waals surface area (Å²) in [5.74, 6) is 0.922. The lowest BCUT2D eigenvalue weighted by Gasteiger charge is -2.23. The molecule has 0 aliphatic heterocycles. The first-order valence-corrected chi connectivity index (χ1v) is 6.69. The van der Waals surface area contributed by atoms with Gasteiger partial charge in [-0.2, -0.15) is 0 Å². The molecule has 0 saturated carbocycles. The molecule has 2 heterocycles. The van der Waals surface area contributed by atoms with Crippen LogP contribution in [0.5, 0.6) is 0 Å². The van der Waals surface area contributed by atoms with E-state index in [1.54, 1.807) is 12.5 Å². The van der Waals surface area contributed by atoms with Gasteiger partial charge in [0.1, 0.15) is 11.4 Å². The van der Waals surface area contributed by atoms with E-state index in [1.165, 1.54) is 5.56 Å². The molecule has 0 aliphatic rings. The van der Waals surface area contributed by atoms with E-state index in [1.807, 2.05) is 30.3 Å². The highest BCUT2D eigenvalue weighted by molar-refractivity contribution is 5.88. The van der Waals surface area contributed by atoms with Crippen LogP contribution in [-0.4, -0.2) is 18.1 Å². The van der Waals surface area contributed by atoms with Crippen LogP contribution in [0.1, 0.15) is 5.56 Å². The Morgan fingerprint density at radius 2 is 1.95 bits per heavy atom. The molecule has 0 amide bonds. The number of benzene rings is 1. The highest BCUT2D eigenvalue weighted by Gasteiger charge is 2.13. The zero-order valence-corrected chi connectivity index (χ0v) is 11.2. The van der Waals surface area contributed by atoms with Crippen LogP contribution in [0.3, 0.4) is 0 Å². The van der Waals surface area contributed by atoms with Crippen molar-refractivity contribution < 1.29 is 4.42 Å². The van der Waals surface area contributed by atoms with Gasteiger partial charge in [0, 0.05) is 25.8 Å². The van der Waals surface area contributed by atoms with Crippen LogP contribution < -0.4 is 10.6 Å². The van der Waals surface area contributed by atoms with Gasteiger partial charge < -0.3 is 15.1 Å². The van der Waals surface area contributed by atoms with Crippen LogP contribution in [0.2, 0.25) is 0 Å². The van der Waals surface area contributed by atoms with Gasteiger partial charge in [-0.1, -0.05) is 30.3 Å². The summed E-state index contributed by atoms with van der Waals surface area (Å²) < 4.78 is 5.44. The van der Waals surface area contributed by atoms with Crippen LogP contribution >= 0.6 is 0 Å². The Bertz CT molecular complexity index is 678. The van der Waals surface area contributed by atoms with Crippen molar-refractivity contribution in [1.82, 2.24) is 4.98 Å². The summed E-state index contributed by atoms with van der Waals surface area (Å²) in [6, 6.07) is 14.2. The molecule has 4 heteroatoms. The van der Waals surface area contributed by atoms with Gasteiger partial charge in [0.15, 0.2) is 0 Å². The number of hydrogen-bond donors (Lipinski definition) is 1. The van der Waals surface area contributed by atoms with E-state index in [0.29, 0.717) is 6.54 Å². The molecular formula is C16H17N3O. The molecule has 3 rings (SSSR count). The molecule has 4 nitrogen and oxygen atoms in total. The van der Waals surface area contributed by atoms with E-state index in [2.05, 4.69) is 22.0 Å². The lowest BCUT2D eigenvalue weighted by atomic mass is 10.2. The average Bonchev–Trinajstić information content (AvgIpc) is 2.96. The maximum atomic E-state index is 5.75. The molecule has 0 atom stereocenters. The summed E-state index contributed by atoms with van der Waals surface area (Å²) in [4.78, 5) is 6.69. The van der Waals surface area contributed by atoms with Crippen LogP contribution in [-0.2, 0) is 6.54 Å². The Balaban J connectivity index is 1.96. The Labute approximate surface area is 117 Å². The van der Waals surface area contributed by atoms with Crippen molar-refractivity contribution in [2.75, 3.05) is 18.0 Å². The van der Waals surface area contributed by atoms with E-state index in [0.717, 1.165) is 29.9 Å². The Hall–Kier alpha value is -2.33. The first-order chi connectivity index (χ1) is 9.88. The predicted molar refractivity (Wildman–Crippen MR) is 80.6 cm³/mol. The molecule has 2 aromatic heterocycles. The molecule has 3 aromatic rings. The second-order valence-electron chi connectivity index (χ2n) is 4.66. The minimum atomic E-state index is 0.586. The highest BCUT2D eigenvalue weighted by atomic mass is 16.3. The third-order valence-electron chi connectivity index (χ3n) is 3.27. The number of rotatable bonds is 5. The van der Waals surface area contributed by atoms with Crippen LogP contribution in [0.4, 0.5) is 5.82 Å². The van der Waals surface area contributed by atoms with Crippen molar-refractivity contribution in [3.63, 3.8) is 0 Å². The summed E-state index contributed by atoms with van der Waals surface area (Å²) >= 11 is 0. The van der Waals surface area contributed by atoms with Crippen LogP contribution in [0, 0.1) is 0 Å². The number of pyridine rings is 1. The van der Waals surface area contributed by atoms with Crippen molar-refractivity contribution in [3.05, 3.63) is 60.5 Å². The van der Waals surface area contributed by atoms with E-state index < -0.39 is 0 Å². The summed E-state index contributed by atoms with van der Waals surface area (Å²) in [7, 11) is 0. The van der Waals surface area contributed by atoms with Gasteiger partial charge in [-0.05, 0) is 17.7 Å². The number of anilines is 1. The maximum absolute atomic E-state index is 5.75. The van der Waals surface area contributed by atoms with Crippen molar-refractivity contribution in [1.29, 1.82) is 0 Å². The van der Waals surface area contributed by atoms with Gasteiger partial charge in [0.25, 0.3) is 0 Å². The zero-order chi connectivity index (χ0) is 13.8. The van der Waals surface area contributed by atoms with Gasteiger partial charge in [0.05, 0.1) is 11.6 Å². The number of aromatic nitrogens is 1. The third kappa shape index (κ3) is 2.51. The number of furan rings is 1. The number of fused-ring (bicyclic) bond motifs is 1. The highest BCUT2D eigenvalue weighted by Crippen LogP contribution is 2.26. The van der Waals surface area contributed by atoms with Gasteiger partial charge in [-0.3, -0.25) is 0 Å². The third-order valence-corrected chi connectivity index (χ3v) is 3.27. The molecule has 20 heavy (non-hydrogen) atoms. The number of nitrogens with zero attached hydrogens (tertiary/aromatic N) is 2. The van der Waals surface area contributed by atoms with E-state index in [4.69, 9.17) is 10.2 Å². The fraction of sp³-hybridized carbons (Fsp3) is 0.188. The van der Waals surface area contributed by atoms with Gasteiger partial charge in [0.2, 0.25) is 0 Å². The molecule has 0 aliphatic carbocycles. The van der Waals surface area contributed by atoms with Crippen molar-refractivity contribution in [3.8, 4) is 0 Å². The first-order valence-electron chi connectivity index (χ1n) is 6.69. The van der Waals surface area contributed by atoms with Gasteiger partial charge >= 0.3 is 0 Å². The van der Waals surface area contributed by atoms with E-state index >= 15 is 0 Å². The lowest BCUT2D eigenvalue weighted by Crippen LogP contribution is -2.29. The fourth-order valence-electron chi connectivity index (χ4n) is 2.35. The van der Waals surface area contributed by atoms with Gasteiger partial charge in [-0.25, -0.2) is 4.98 Å². The average molecular weight is 267 g/mol. The Kier molecular flexibility index (Phi) is 3.65.